The third kappa shape index (κ3) is 3.29. The van der Waals surface area contributed by atoms with Gasteiger partial charge in [-0.1, -0.05) is 47.6 Å². The fraction of sp³-hybridized carbons (Fsp3) is 0.111. The van der Waals surface area contributed by atoms with Gasteiger partial charge < -0.3 is 9.84 Å². The highest BCUT2D eigenvalue weighted by Gasteiger charge is 2.19. The molecule has 3 aromatic rings. The minimum Gasteiger partial charge on any atom is -0.363 e. The third-order valence-electron chi connectivity index (χ3n) is 3.58. The van der Waals surface area contributed by atoms with Crippen molar-refractivity contribution in [2.24, 2.45) is 0 Å². The molecule has 4 nitrogen and oxygen atoms in total. The average molecular weight is 310 g/mol. The first kappa shape index (κ1) is 15.0. The normalized spacial score (nSPS) is 11.9. The smallest absolute Gasteiger partial charge is 0.257 e. The number of hydrogen-bond acceptors (Lipinski definition) is 3. The number of nitrogens with zero attached hydrogens (tertiary/aromatic N) is 1. The van der Waals surface area contributed by atoms with Crippen molar-refractivity contribution in [3.8, 4) is 11.3 Å². The van der Waals surface area contributed by atoms with E-state index in [4.69, 9.17) is 4.52 Å². The van der Waals surface area contributed by atoms with Crippen molar-refractivity contribution in [1.29, 1.82) is 0 Å². The molecular weight excluding hydrogens is 295 g/mol. The van der Waals surface area contributed by atoms with Crippen LogP contribution in [0.3, 0.4) is 0 Å². The van der Waals surface area contributed by atoms with E-state index in [1.54, 1.807) is 12.1 Å². The van der Waals surface area contributed by atoms with E-state index in [2.05, 4.69) is 10.5 Å². The lowest BCUT2D eigenvalue weighted by Crippen LogP contribution is -2.26. The van der Waals surface area contributed by atoms with Gasteiger partial charge in [0.25, 0.3) is 5.91 Å². The molecule has 2 aromatic carbocycles. The molecule has 0 saturated heterocycles. The number of amides is 1. The van der Waals surface area contributed by atoms with E-state index in [1.807, 2.05) is 37.3 Å². The van der Waals surface area contributed by atoms with Crippen molar-refractivity contribution < 1.29 is 13.7 Å². The molecule has 0 saturated carbocycles. The molecule has 1 heterocycles. The van der Waals surface area contributed by atoms with Crippen molar-refractivity contribution in [2.45, 2.75) is 13.0 Å². The summed E-state index contributed by atoms with van der Waals surface area (Å²) in [6, 6.07) is 15.1. The molecule has 0 unspecified atom stereocenters. The van der Waals surface area contributed by atoms with E-state index in [0.29, 0.717) is 11.3 Å². The minimum absolute atomic E-state index is 0.262. The Kier molecular flexibility index (Phi) is 4.19. The molecule has 1 atom stereocenters. The van der Waals surface area contributed by atoms with Gasteiger partial charge in [0.15, 0.2) is 0 Å². The molecular formula is C18H15FN2O2. The molecule has 0 aliphatic carbocycles. The van der Waals surface area contributed by atoms with Crippen LogP contribution >= 0.6 is 0 Å². The Morgan fingerprint density at radius 3 is 2.52 bits per heavy atom. The summed E-state index contributed by atoms with van der Waals surface area (Å²) < 4.78 is 17.9. The summed E-state index contributed by atoms with van der Waals surface area (Å²) in [6.45, 7) is 1.83. The number of nitrogens with one attached hydrogen (secondary N) is 1. The predicted octanol–water partition coefficient (Wildman–Crippen LogP) is 3.97. The highest BCUT2D eigenvalue weighted by atomic mass is 19.1. The number of carbonyl (C=O) groups excluding carboxylic acids is 1. The van der Waals surface area contributed by atoms with E-state index in [1.165, 1.54) is 18.4 Å². The summed E-state index contributed by atoms with van der Waals surface area (Å²) >= 11 is 0. The molecule has 5 heteroatoms. The summed E-state index contributed by atoms with van der Waals surface area (Å²) in [4.78, 5) is 12.5. The number of hydrogen-bond donors (Lipinski definition) is 1. The Morgan fingerprint density at radius 2 is 1.83 bits per heavy atom. The number of aromatic nitrogens is 1. The van der Waals surface area contributed by atoms with Crippen molar-refractivity contribution in [1.82, 2.24) is 10.5 Å². The van der Waals surface area contributed by atoms with E-state index in [9.17, 15) is 9.18 Å². The molecule has 23 heavy (non-hydrogen) atoms. The second-order valence-corrected chi connectivity index (χ2v) is 5.19. The minimum atomic E-state index is -0.308. The Morgan fingerprint density at radius 1 is 1.13 bits per heavy atom. The van der Waals surface area contributed by atoms with E-state index in [-0.39, 0.29) is 17.8 Å². The summed E-state index contributed by atoms with van der Waals surface area (Å²) in [5.41, 5.74) is 2.48. The first-order valence-electron chi connectivity index (χ1n) is 7.21. The van der Waals surface area contributed by atoms with Gasteiger partial charge in [0.2, 0.25) is 0 Å². The zero-order valence-electron chi connectivity index (χ0n) is 12.5. The molecule has 0 aliphatic heterocycles. The van der Waals surface area contributed by atoms with Gasteiger partial charge in [-0.2, -0.15) is 0 Å². The predicted molar refractivity (Wildman–Crippen MR) is 84.2 cm³/mol. The maximum Gasteiger partial charge on any atom is 0.257 e. The van der Waals surface area contributed by atoms with Gasteiger partial charge in [0.05, 0.1) is 6.04 Å². The van der Waals surface area contributed by atoms with Crippen molar-refractivity contribution in [2.75, 3.05) is 0 Å². The molecule has 3 rings (SSSR count). The van der Waals surface area contributed by atoms with Crippen molar-refractivity contribution in [3.63, 3.8) is 0 Å². The zero-order chi connectivity index (χ0) is 16.2. The van der Waals surface area contributed by atoms with Crippen LogP contribution in [0.5, 0.6) is 0 Å². The van der Waals surface area contributed by atoms with Crippen LogP contribution in [0, 0.1) is 5.82 Å². The molecule has 0 radical (unpaired) electrons. The fourth-order valence-corrected chi connectivity index (χ4v) is 2.31. The lowest BCUT2D eigenvalue weighted by atomic mass is 10.1. The van der Waals surface area contributed by atoms with E-state index in [0.717, 1.165) is 11.1 Å². The topological polar surface area (TPSA) is 55.1 Å². The highest BCUT2D eigenvalue weighted by Crippen LogP contribution is 2.22. The van der Waals surface area contributed by atoms with E-state index >= 15 is 0 Å². The van der Waals surface area contributed by atoms with Crippen LogP contribution < -0.4 is 5.32 Å². The molecule has 1 N–H and O–H groups in total. The van der Waals surface area contributed by atoms with Gasteiger partial charge in [-0.05, 0) is 24.6 Å². The quantitative estimate of drug-likeness (QED) is 0.793. The molecule has 1 amide bonds. The van der Waals surface area contributed by atoms with Crippen LogP contribution in [-0.2, 0) is 0 Å². The number of benzene rings is 2. The Labute approximate surface area is 132 Å². The number of rotatable bonds is 4. The second-order valence-electron chi connectivity index (χ2n) is 5.19. The van der Waals surface area contributed by atoms with Gasteiger partial charge in [-0.25, -0.2) is 4.39 Å². The highest BCUT2D eigenvalue weighted by molar-refractivity contribution is 5.99. The Bertz CT molecular complexity index is 797. The average Bonchev–Trinajstić information content (AvgIpc) is 3.06. The van der Waals surface area contributed by atoms with Gasteiger partial charge in [-0.15, -0.1) is 0 Å². The van der Waals surface area contributed by atoms with E-state index < -0.39 is 0 Å². The van der Waals surface area contributed by atoms with Crippen molar-refractivity contribution >= 4 is 5.91 Å². The van der Waals surface area contributed by atoms with Crippen LogP contribution in [0.4, 0.5) is 4.39 Å². The molecule has 116 valence electrons. The number of carbonyl (C=O) groups is 1. The summed E-state index contributed by atoms with van der Waals surface area (Å²) in [7, 11) is 0. The van der Waals surface area contributed by atoms with Gasteiger partial charge >= 0.3 is 0 Å². The molecule has 0 spiro atoms. The molecule has 0 fully saturated rings. The zero-order valence-corrected chi connectivity index (χ0v) is 12.5. The maximum absolute atomic E-state index is 13.0. The molecule has 0 aliphatic rings. The van der Waals surface area contributed by atoms with Crippen LogP contribution in [-0.4, -0.2) is 11.1 Å². The van der Waals surface area contributed by atoms with Crippen LogP contribution in [0.15, 0.2) is 65.4 Å². The van der Waals surface area contributed by atoms with Gasteiger partial charge in [-0.3, -0.25) is 4.79 Å². The van der Waals surface area contributed by atoms with Crippen LogP contribution in [0.2, 0.25) is 0 Å². The monoisotopic (exact) mass is 310 g/mol. The first-order chi connectivity index (χ1) is 11.1. The van der Waals surface area contributed by atoms with Crippen LogP contribution in [0.1, 0.15) is 28.9 Å². The maximum atomic E-state index is 13.0. The van der Waals surface area contributed by atoms with Crippen LogP contribution in [0.25, 0.3) is 11.3 Å². The molecule has 1 aromatic heterocycles. The summed E-state index contributed by atoms with van der Waals surface area (Å²) in [5.74, 6) is -0.598. The lowest BCUT2D eigenvalue weighted by molar-refractivity contribution is 0.0940. The second kappa shape index (κ2) is 6.44. The van der Waals surface area contributed by atoms with Gasteiger partial charge in [0, 0.05) is 5.56 Å². The largest absolute Gasteiger partial charge is 0.363 e. The lowest BCUT2D eigenvalue weighted by Gasteiger charge is -2.14. The SMILES string of the molecule is C[C@H](NC(=O)c1conc1-c1ccccc1)c1ccc(F)cc1. The number of halogens is 1. The standard InChI is InChI=1S/C18H15FN2O2/c1-12(13-7-9-15(19)10-8-13)20-18(22)16-11-23-21-17(16)14-5-3-2-4-6-14/h2-12H,1H3,(H,20,22)/t12-/m0/s1. The first-order valence-corrected chi connectivity index (χ1v) is 7.21. The summed E-state index contributed by atoms with van der Waals surface area (Å²) in [5, 5.41) is 6.78. The Hall–Kier alpha value is -2.95. The van der Waals surface area contributed by atoms with Crippen molar-refractivity contribution in [3.05, 3.63) is 77.8 Å². The Balaban J connectivity index is 1.79. The molecule has 0 bridgehead atoms. The fourth-order valence-electron chi connectivity index (χ4n) is 2.31. The third-order valence-corrected chi connectivity index (χ3v) is 3.58. The van der Waals surface area contributed by atoms with Gasteiger partial charge in [0.1, 0.15) is 23.3 Å². The summed E-state index contributed by atoms with van der Waals surface area (Å²) in [6.07, 6.45) is 1.33.